The fourth-order valence-corrected chi connectivity index (χ4v) is 3.31. The summed E-state index contributed by atoms with van der Waals surface area (Å²) in [6, 6.07) is 2.23. The van der Waals surface area contributed by atoms with Gasteiger partial charge in [0.25, 0.3) is 0 Å². The minimum atomic E-state index is -0.343. The van der Waals surface area contributed by atoms with Crippen molar-refractivity contribution in [2.24, 2.45) is 0 Å². The molecule has 2 N–H and O–H groups in total. The number of nitrogens with zero attached hydrogens (tertiary/aromatic N) is 1. The summed E-state index contributed by atoms with van der Waals surface area (Å²) in [5.41, 5.74) is 2.05. The third-order valence-corrected chi connectivity index (χ3v) is 4.44. The van der Waals surface area contributed by atoms with Gasteiger partial charge >= 0.3 is 5.97 Å². The Bertz CT molecular complexity index is 726. The zero-order chi connectivity index (χ0) is 17.8. The Balaban J connectivity index is 1.81. The van der Waals surface area contributed by atoms with Crippen molar-refractivity contribution in [3.8, 4) is 0 Å². The molecule has 136 valence electrons. The Labute approximate surface area is 148 Å². The number of carbonyl (C=O) groups is 1. The summed E-state index contributed by atoms with van der Waals surface area (Å²) < 4.78 is 11.3. The summed E-state index contributed by atoms with van der Waals surface area (Å²) in [7, 11) is 0. The Hall–Kier alpha value is -2.08. The zero-order valence-corrected chi connectivity index (χ0v) is 15.2. The largest absolute Gasteiger partial charge is 0.459 e. The number of fused-ring (bicyclic) bond motifs is 1. The van der Waals surface area contributed by atoms with E-state index in [4.69, 9.17) is 9.47 Å². The second-order valence-electron chi connectivity index (χ2n) is 6.89. The first kappa shape index (κ1) is 17.7. The van der Waals surface area contributed by atoms with Gasteiger partial charge in [-0.1, -0.05) is 6.92 Å². The Morgan fingerprint density at radius 3 is 3.04 bits per heavy atom. The lowest BCUT2D eigenvalue weighted by atomic mass is 10.1. The van der Waals surface area contributed by atoms with Crippen LogP contribution >= 0.6 is 0 Å². The fourth-order valence-electron chi connectivity index (χ4n) is 3.31. The molecular formula is C19H27N3O3. The molecule has 1 fully saturated rings. The third-order valence-electron chi connectivity index (χ3n) is 4.44. The molecule has 0 bridgehead atoms. The molecule has 2 unspecified atom stereocenters. The van der Waals surface area contributed by atoms with E-state index in [2.05, 4.69) is 22.2 Å². The van der Waals surface area contributed by atoms with Gasteiger partial charge in [0.2, 0.25) is 0 Å². The van der Waals surface area contributed by atoms with E-state index in [0.29, 0.717) is 11.7 Å². The van der Waals surface area contributed by atoms with Gasteiger partial charge in [-0.05, 0) is 45.6 Å². The Kier molecular flexibility index (Phi) is 5.58. The van der Waals surface area contributed by atoms with Crippen molar-refractivity contribution in [3.63, 3.8) is 0 Å². The van der Waals surface area contributed by atoms with Gasteiger partial charge in [0.1, 0.15) is 11.2 Å². The summed E-state index contributed by atoms with van der Waals surface area (Å²) in [4.78, 5) is 19.9. The van der Waals surface area contributed by atoms with Crippen LogP contribution in [0.25, 0.3) is 11.0 Å². The normalized spacial score (nSPS) is 20.3. The summed E-state index contributed by atoms with van der Waals surface area (Å²) >= 11 is 0. The second kappa shape index (κ2) is 7.87. The van der Waals surface area contributed by atoms with Gasteiger partial charge in [0, 0.05) is 30.4 Å². The number of rotatable bonds is 7. The molecule has 2 heterocycles. The van der Waals surface area contributed by atoms with Crippen molar-refractivity contribution in [2.45, 2.75) is 64.7 Å². The molecule has 0 radical (unpaired) electrons. The molecule has 1 aliphatic rings. The molecule has 1 saturated carbocycles. The van der Waals surface area contributed by atoms with Crippen molar-refractivity contribution in [1.29, 1.82) is 0 Å². The van der Waals surface area contributed by atoms with Gasteiger partial charge in [0.05, 0.1) is 17.9 Å². The van der Waals surface area contributed by atoms with Crippen LogP contribution in [0.15, 0.2) is 18.5 Å². The standard InChI is InChI=1S/C19H27N3O3/c1-4-9-24-14-6-5-13(10-14)22-17-15-7-8-20-18(15)21-11-16(17)19(23)25-12(2)3/h7-8,11-14H,4-6,9-10H2,1-3H3,(H2,20,21,22). The van der Waals surface area contributed by atoms with Gasteiger partial charge in [-0.3, -0.25) is 0 Å². The third kappa shape index (κ3) is 4.12. The van der Waals surface area contributed by atoms with Crippen LogP contribution < -0.4 is 5.32 Å². The van der Waals surface area contributed by atoms with E-state index in [1.54, 1.807) is 6.20 Å². The lowest BCUT2D eigenvalue weighted by Crippen LogP contribution is -2.21. The monoisotopic (exact) mass is 345 g/mol. The van der Waals surface area contributed by atoms with Crippen molar-refractivity contribution >= 4 is 22.7 Å². The number of ether oxygens (including phenoxy) is 2. The highest BCUT2D eigenvalue weighted by Crippen LogP contribution is 2.31. The smallest absolute Gasteiger partial charge is 0.342 e. The molecule has 1 aliphatic carbocycles. The fraction of sp³-hybridized carbons (Fsp3) is 0.579. The number of esters is 1. The summed E-state index contributed by atoms with van der Waals surface area (Å²) in [5.74, 6) is -0.343. The van der Waals surface area contributed by atoms with Gasteiger partial charge in [0.15, 0.2) is 0 Å². The van der Waals surface area contributed by atoms with Crippen LogP contribution in [0.2, 0.25) is 0 Å². The highest BCUT2D eigenvalue weighted by atomic mass is 16.5. The molecule has 6 nitrogen and oxygen atoms in total. The average molecular weight is 345 g/mol. The van der Waals surface area contributed by atoms with E-state index in [1.807, 2.05) is 26.1 Å². The Morgan fingerprint density at radius 1 is 1.44 bits per heavy atom. The van der Waals surface area contributed by atoms with Gasteiger partial charge in [-0.15, -0.1) is 0 Å². The maximum Gasteiger partial charge on any atom is 0.342 e. The highest BCUT2D eigenvalue weighted by Gasteiger charge is 2.27. The molecule has 0 spiro atoms. The molecule has 25 heavy (non-hydrogen) atoms. The number of pyridine rings is 1. The summed E-state index contributed by atoms with van der Waals surface area (Å²) in [6.45, 7) is 6.62. The molecule has 2 atom stereocenters. The molecule has 6 heteroatoms. The van der Waals surface area contributed by atoms with Crippen molar-refractivity contribution in [3.05, 3.63) is 24.0 Å². The first-order chi connectivity index (χ1) is 12.1. The number of hydrogen-bond acceptors (Lipinski definition) is 5. The average Bonchev–Trinajstić information content (AvgIpc) is 3.21. The van der Waals surface area contributed by atoms with E-state index in [9.17, 15) is 4.79 Å². The van der Waals surface area contributed by atoms with Gasteiger partial charge in [-0.25, -0.2) is 9.78 Å². The number of aromatic nitrogens is 2. The molecule has 0 saturated heterocycles. The number of hydrogen-bond donors (Lipinski definition) is 2. The van der Waals surface area contributed by atoms with Gasteiger partial charge < -0.3 is 19.8 Å². The second-order valence-corrected chi connectivity index (χ2v) is 6.89. The van der Waals surface area contributed by atoms with Crippen LogP contribution in [-0.2, 0) is 9.47 Å². The lowest BCUT2D eigenvalue weighted by molar-refractivity contribution is 0.0379. The number of carbonyl (C=O) groups excluding carboxylic acids is 1. The van der Waals surface area contributed by atoms with Gasteiger partial charge in [-0.2, -0.15) is 0 Å². The van der Waals surface area contributed by atoms with Crippen LogP contribution in [0.3, 0.4) is 0 Å². The minimum absolute atomic E-state index is 0.166. The first-order valence-electron chi connectivity index (χ1n) is 9.13. The van der Waals surface area contributed by atoms with Crippen LogP contribution in [0.1, 0.15) is 56.8 Å². The van der Waals surface area contributed by atoms with E-state index in [-0.39, 0.29) is 18.1 Å². The summed E-state index contributed by atoms with van der Waals surface area (Å²) in [6.07, 6.45) is 7.62. The van der Waals surface area contributed by atoms with Crippen LogP contribution in [-0.4, -0.2) is 40.8 Å². The Morgan fingerprint density at radius 2 is 2.28 bits per heavy atom. The predicted molar refractivity (Wildman–Crippen MR) is 97.9 cm³/mol. The highest BCUT2D eigenvalue weighted by molar-refractivity contribution is 6.04. The molecule has 0 aliphatic heterocycles. The molecule has 3 rings (SSSR count). The molecule has 2 aromatic rings. The molecule has 0 aromatic carbocycles. The van der Waals surface area contributed by atoms with Crippen LogP contribution in [0, 0.1) is 0 Å². The van der Waals surface area contributed by atoms with Crippen molar-refractivity contribution < 1.29 is 14.3 Å². The predicted octanol–water partition coefficient (Wildman–Crippen LogP) is 3.89. The number of H-pyrrole nitrogens is 1. The molecular weight excluding hydrogens is 318 g/mol. The van der Waals surface area contributed by atoms with E-state index >= 15 is 0 Å². The zero-order valence-electron chi connectivity index (χ0n) is 15.2. The number of nitrogens with one attached hydrogen (secondary N) is 2. The maximum atomic E-state index is 12.5. The van der Waals surface area contributed by atoms with Crippen molar-refractivity contribution in [2.75, 3.05) is 11.9 Å². The number of anilines is 1. The van der Waals surface area contributed by atoms with E-state index < -0.39 is 0 Å². The number of aromatic amines is 1. The first-order valence-corrected chi connectivity index (χ1v) is 9.13. The van der Waals surface area contributed by atoms with Crippen molar-refractivity contribution in [1.82, 2.24) is 9.97 Å². The van der Waals surface area contributed by atoms with E-state index in [1.165, 1.54) is 0 Å². The minimum Gasteiger partial charge on any atom is -0.459 e. The maximum absolute atomic E-state index is 12.5. The van der Waals surface area contributed by atoms with Crippen LogP contribution in [0.5, 0.6) is 0 Å². The lowest BCUT2D eigenvalue weighted by Gasteiger charge is -2.19. The molecule has 0 amide bonds. The molecule has 2 aromatic heterocycles. The summed E-state index contributed by atoms with van der Waals surface area (Å²) in [5, 5.41) is 4.47. The topological polar surface area (TPSA) is 76.2 Å². The van der Waals surface area contributed by atoms with Crippen LogP contribution in [0.4, 0.5) is 5.69 Å². The SMILES string of the molecule is CCCOC1CCC(Nc2c(C(=O)OC(C)C)cnc3[nH]ccc23)C1. The van der Waals surface area contributed by atoms with E-state index in [0.717, 1.165) is 49.0 Å². The quantitative estimate of drug-likeness (QED) is 0.745.